The fraction of sp³-hybridized carbons (Fsp3) is 0.943. The number of aliphatic hydroxyl groups excluding tert-OH is 11. The zero-order valence-electron chi connectivity index (χ0n) is 68.2. The van der Waals surface area contributed by atoms with Crippen LogP contribution in [0.2, 0.25) is 0 Å². The summed E-state index contributed by atoms with van der Waals surface area (Å²) < 4.78 is 34.5. The van der Waals surface area contributed by atoms with Crippen LogP contribution in [0.1, 0.15) is 399 Å². The van der Waals surface area contributed by atoms with Gasteiger partial charge in [0.15, 0.2) is 18.9 Å². The normalized spacial score (nSPS) is 25.6. The molecular weight excluding hydrogens is 1360 g/mol. The first kappa shape index (κ1) is 99.5. The van der Waals surface area contributed by atoms with E-state index in [0.717, 1.165) is 38.5 Å². The number of carbonyl (C=O) groups excluding carboxylic acids is 1. The Morgan fingerprint density at radius 2 is 0.598 bits per heavy atom. The van der Waals surface area contributed by atoms with E-state index in [1.165, 1.54) is 327 Å². The van der Waals surface area contributed by atoms with E-state index in [0.29, 0.717) is 12.8 Å². The summed E-state index contributed by atoms with van der Waals surface area (Å²) in [5.41, 5.74) is 0. The highest BCUT2D eigenvalue weighted by Gasteiger charge is 2.54. The van der Waals surface area contributed by atoms with Crippen molar-refractivity contribution in [2.45, 2.75) is 503 Å². The van der Waals surface area contributed by atoms with Gasteiger partial charge in [0, 0.05) is 6.42 Å². The third kappa shape index (κ3) is 47.7. The van der Waals surface area contributed by atoms with Gasteiger partial charge in [0.1, 0.15) is 73.2 Å². The van der Waals surface area contributed by atoms with E-state index in [-0.39, 0.29) is 18.9 Å². The minimum Gasteiger partial charge on any atom is -0.394 e. The van der Waals surface area contributed by atoms with Gasteiger partial charge >= 0.3 is 0 Å². The summed E-state index contributed by atoms with van der Waals surface area (Å²) in [5, 5.41) is 121. The lowest BCUT2D eigenvalue weighted by Crippen LogP contribution is -2.66. The van der Waals surface area contributed by atoms with Crippen molar-refractivity contribution in [3.8, 4) is 0 Å². The molecule has 0 bridgehead atoms. The summed E-state index contributed by atoms with van der Waals surface area (Å²) in [6.07, 6.45) is 59.2. The minimum absolute atomic E-state index is 0.241. The first-order valence-corrected chi connectivity index (χ1v) is 45.1. The lowest BCUT2D eigenvalue weighted by molar-refractivity contribution is -0.379. The van der Waals surface area contributed by atoms with Crippen LogP contribution in [-0.2, 0) is 33.2 Å². The number of ether oxygens (including phenoxy) is 6. The average Bonchev–Trinajstić information content (AvgIpc) is 0.781. The zero-order valence-corrected chi connectivity index (χ0v) is 68.2. The first-order valence-electron chi connectivity index (χ1n) is 45.1. The topological polar surface area (TPSA) is 307 Å². The van der Waals surface area contributed by atoms with E-state index in [9.17, 15) is 61.0 Å². The molecule has 0 aliphatic carbocycles. The van der Waals surface area contributed by atoms with Crippen molar-refractivity contribution < 1.29 is 89.4 Å². The van der Waals surface area contributed by atoms with E-state index >= 15 is 0 Å². The van der Waals surface area contributed by atoms with Crippen molar-refractivity contribution in [3.05, 3.63) is 24.3 Å². The zero-order chi connectivity index (χ0) is 77.4. The number of amides is 1. The SMILES string of the molecule is CCCCCCCCCCCCCCCCCCCCCC/C=C/CC/C=C/C(O)C(COC1OC(CO)C(OC2OC(CO)C(OC3OC(CO)C(O)C(O)C3O)C(O)C2O)C(O)C1O)NC(=O)CCCCCCCCCCCCCCCCCCCCCCCCCCCCCCCCCCCCCC. The fourth-order valence-corrected chi connectivity index (χ4v) is 15.6. The van der Waals surface area contributed by atoms with Crippen molar-refractivity contribution in [1.29, 1.82) is 0 Å². The maximum atomic E-state index is 13.5. The molecule has 19 nitrogen and oxygen atoms in total. The maximum absolute atomic E-state index is 13.5. The van der Waals surface area contributed by atoms with Crippen LogP contribution < -0.4 is 5.32 Å². The monoisotopic (exact) mass is 1530 g/mol. The van der Waals surface area contributed by atoms with Gasteiger partial charge in [0.25, 0.3) is 0 Å². The Balaban J connectivity index is 1.32. The lowest BCUT2D eigenvalue weighted by atomic mass is 9.96. The molecule has 3 fully saturated rings. The van der Waals surface area contributed by atoms with Gasteiger partial charge < -0.3 is 89.9 Å². The largest absolute Gasteiger partial charge is 0.394 e. The molecule has 0 aromatic rings. The van der Waals surface area contributed by atoms with Gasteiger partial charge in [-0.15, -0.1) is 0 Å². The second-order valence-corrected chi connectivity index (χ2v) is 32.4. The van der Waals surface area contributed by atoms with Crippen molar-refractivity contribution in [1.82, 2.24) is 5.32 Å². The molecule has 1 amide bonds. The highest BCUT2D eigenvalue weighted by atomic mass is 16.8. The molecule has 0 aromatic carbocycles. The smallest absolute Gasteiger partial charge is 0.220 e. The molecule has 3 aliphatic rings. The molecule has 0 aromatic heterocycles. The molecule has 0 spiro atoms. The number of unbranched alkanes of at least 4 members (excludes halogenated alkanes) is 56. The quantitative estimate of drug-likeness (QED) is 0.0199. The van der Waals surface area contributed by atoms with Crippen LogP contribution in [0.4, 0.5) is 0 Å². The summed E-state index contributed by atoms with van der Waals surface area (Å²) in [7, 11) is 0. The second-order valence-electron chi connectivity index (χ2n) is 32.4. The molecule has 19 heteroatoms. The molecule has 632 valence electrons. The first-order chi connectivity index (χ1) is 52.3. The summed E-state index contributed by atoms with van der Waals surface area (Å²) in [6, 6.07) is -0.989. The van der Waals surface area contributed by atoms with E-state index < -0.39 is 124 Å². The van der Waals surface area contributed by atoms with Crippen molar-refractivity contribution in [3.63, 3.8) is 0 Å². The van der Waals surface area contributed by atoms with Crippen LogP contribution in [0, 0.1) is 0 Å². The predicted octanol–water partition coefficient (Wildman–Crippen LogP) is 16.9. The Labute approximate surface area is 651 Å². The Hall–Kier alpha value is -1.73. The molecule has 17 atom stereocenters. The molecule has 3 aliphatic heterocycles. The van der Waals surface area contributed by atoms with Gasteiger partial charge in [-0.3, -0.25) is 4.79 Å². The molecular formula is C88H167NO18. The van der Waals surface area contributed by atoms with Crippen molar-refractivity contribution >= 4 is 5.91 Å². The molecule has 17 unspecified atom stereocenters. The number of carbonyl (C=O) groups is 1. The third-order valence-corrected chi connectivity index (χ3v) is 22.8. The maximum Gasteiger partial charge on any atom is 0.220 e. The molecule has 3 rings (SSSR count). The summed E-state index contributed by atoms with van der Waals surface area (Å²) >= 11 is 0. The molecule has 0 radical (unpaired) electrons. The van der Waals surface area contributed by atoms with Crippen LogP contribution in [0.25, 0.3) is 0 Å². The number of allylic oxidation sites excluding steroid dienone is 3. The highest BCUT2D eigenvalue weighted by molar-refractivity contribution is 5.76. The Morgan fingerprint density at radius 3 is 0.935 bits per heavy atom. The molecule has 3 heterocycles. The van der Waals surface area contributed by atoms with Gasteiger partial charge in [0.05, 0.1) is 38.6 Å². The average molecular weight is 1530 g/mol. The van der Waals surface area contributed by atoms with Crippen LogP contribution in [0.3, 0.4) is 0 Å². The van der Waals surface area contributed by atoms with E-state index in [1.807, 2.05) is 6.08 Å². The van der Waals surface area contributed by atoms with Gasteiger partial charge in [-0.05, 0) is 32.1 Å². The Morgan fingerprint density at radius 1 is 0.327 bits per heavy atom. The number of rotatable bonds is 74. The molecule has 3 saturated heterocycles. The van der Waals surface area contributed by atoms with Crippen molar-refractivity contribution in [2.75, 3.05) is 26.4 Å². The Kier molecular flexibility index (Phi) is 63.8. The third-order valence-electron chi connectivity index (χ3n) is 22.8. The summed E-state index contributed by atoms with van der Waals surface area (Å²) in [4.78, 5) is 13.5. The molecule has 107 heavy (non-hydrogen) atoms. The number of hydrogen-bond acceptors (Lipinski definition) is 18. The van der Waals surface area contributed by atoms with Crippen LogP contribution in [0.15, 0.2) is 24.3 Å². The second kappa shape index (κ2) is 68.7. The van der Waals surface area contributed by atoms with Gasteiger partial charge in [-0.2, -0.15) is 0 Å². The molecule has 0 saturated carbocycles. The van der Waals surface area contributed by atoms with Crippen LogP contribution in [-0.4, -0.2) is 193 Å². The lowest BCUT2D eigenvalue weighted by Gasteiger charge is -2.48. The standard InChI is InChI=1S/C88H167NO18/c1-3-5-7-9-11-13-15-17-19-21-23-25-27-29-31-32-33-34-35-36-37-38-39-40-42-44-46-48-50-52-54-56-58-60-62-64-66-76(94)89-71(72(93)65-63-61-59-57-55-53-51-49-47-45-43-41-30-28-26-24-22-20-18-16-14-12-10-8-6-4-2)70-102-86-82(100)79(97)84(74(68-91)104-86)107-88-83(101)80(98)85(75(69-92)105-88)106-87-81(99)78(96)77(95)73(67-90)103-87/h55,57,63,65,71-75,77-88,90-93,95-101H,3-54,56,58-62,64,66-70H2,1-2H3,(H,89,94)/b57-55+,65-63+. The Bertz CT molecular complexity index is 2020. The summed E-state index contributed by atoms with van der Waals surface area (Å²) in [5.74, 6) is -0.276. The van der Waals surface area contributed by atoms with Gasteiger partial charge in [0.2, 0.25) is 5.91 Å². The van der Waals surface area contributed by atoms with E-state index in [4.69, 9.17) is 28.4 Å². The van der Waals surface area contributed by atoms with Crippen molar-refractivity contribution in [2.24, 2.45) is 0 Å². The van der Waals surface area contributed by atoms with Gasteiger partial charge in [-0.25, -0.2) is 0 Å². The van der Waals surface area contributed by atoms with Crippen LogP contribution >= 0.6 is 0 Å². The minimum atomic E-state index is -1.98. The molecule has 12 N–H and O–H groups in total. The summed E-state index contributed by atoms with van der Waals surface area (Å²) in [6.45, 7) is 1.79. The number of hydrogen-bond donors (Lipinski definition) is 12. The van der Waals surface area contributed by atoms with Crippen LogP contribution in [0.5, 0.6) is 0 Å². The number of aliphatic hydroxyl groups is 11. The predicted molar refractivity (Wildman–Crippen MR) is 430 cm³/mol. The number of nitrogens with one attached hydrogen (secondary N) is 1. The van der Waals surface area contributed by atoms with Gasteiger partial charge in [-0.1, -0.05) is 385 Å². The van der Waals surface area contributed by atoms with E-state index in [1.54, 1.807) is 6.08 Å². The highest BCUT2D eigenvalue weighted by Crippen LogP contribution is 2.34. The van der Waals surface area contributed by atoms with E-state index in [2.05, 4.69) is 31.3 Å². The fourth-order valence-electron chi connectivity index (χ4n) is 15.6.